The fourth-order valence-electron chi connectivity index (χ4n) is 3.12. The van der Waals surface area contributed by atoms with Gasteiger partial charge in [0.1, 0.15) is 12.1 Å². The van der Waals surface area contributed by atoms with Gasteiger partial charge in [-0.25, -0.2) is 19.9 Å². The van der Waals surface area contributed by atoms with Crippen molar-refractivity contribution in [3.8, 4) is 22.5 Å². The first-order valence-corrected chi connectivity index (χ1v) is 9.35. The maximum absolute atomic E-state index is 4.77. The van der Waals surface area contributed by atoms with Crippen LogP contribution in [-0.4, -0.2) is 35.1 Å². The average Bonchev–Trinajstić information content (AvgIpc) is 2.84. The molecule has 1 N–H and O–H groups in total. The monoisotopic (exact) mass is 392 g/mol. The second-order valence-corrected chi connectivity index (χ2v) is 6.56. The van der Waals surface area contributed by atoms with Crippen LogP contribution in [0.1, 0.15) is 5.69 Å². The molecule has 0 fully saturated rings. The van der Waals surface area contributed by atoms with Gasteiger partial charge in [0.05, 0.1) is 30.1 Å². The summed E-state index contributed by atoms with van der Waals surface area (Å²) in [6, 6.07) is 13.7. The number of nitrogens with zero attached hydrogens (tertiary/aromatic N) is 7. The number of benzene rings is 1. The quantitative estimate of drug-likeness (QED) is 0.484. The van der Waals surface area contributed by atoms with Crippen molar-refractivity contribution in [2.45, 2.75) is 6.54 Å². The first kappa shape index (κ1) is 17.7. The van der Waals surface area contributed by atoms with E-state index < -0.39 is 0 Å². The van der Waals surface area contributed by atoms with E-state index in [-0.39, 0.29) is 0 Å². The molecule has 8 heteroatoms. The summed E-state index contributed by atoms with van der Waals surface area (Å²) >= 11 is 0. The van der Waals surface area contributed by atoms with Crippen LogP contribution in [0.2, 0.25) is 0 Å². The Kier molecular flexibility index (Phi) is 4.71. The number of anilines is 1. The second-order valence-electron chi connectivity index (χ2n) is 6.56. The lowest BCUT2D eigenvalue weighted by atomic mass is 10.1. The van der Waals surface area contributed by atoms with Crippen molar-refractivity contribution in [1.82, 2.24) is 35.1 Å². The van der Waals surface area contributed by atoms with Crippen LogP contribution in [-0.2, 0) is 6.54 Å². The van der Waals surface area contributed by atoms with E-state index in [9.17, 15) is 0 Å². The molecule has 0 unspecified atom stereocenters. The molecule has 0 aliphatic rings. The molecule has 5 aromatic rings. The lowest BCUT2D eigenvalue weighted by molar-refractivity contribution is 1.02. The Bertz CT molecular complexity index is 1280. The number of aromatic nitrogens is 7. The molecule has 0 aliphatic carbocycles. The fourth-order valence-corrected chi connectivity index (χ4v) is 3.12. The molecule has 5 rings (SSSR count). The summed E-state index contributed by atoms with van der Waals surface area (Å²) in [7, 11) is 0. The summed E-state index contributed by atoms with van der Waals surface area (Å²) < 4.78 is 0. The molecule has 4 heterocycles. The molecular formula is C22H16N8. The minimum atomic E-state index is 0.541. The summed E-state index contributed by atoms with van der Waals surface area (Å²) in [4.78, 5) is 22.1. The van der Waals surface area contributed by atoms with E-state index in [0.717, 1.165) is 39.1 Å². The molecular weight excluding hydrogens is 376 g/mol. The normalized spacial score (nSPS) is 10.8. The van der Waals surface area contributed by atoms with Gasteiger partial charge < -0.3 is 5.32 Å². The minimum absolute atomic E-state index is 0.541. The maximum Gasteiger partial charge on any atom is 0.163 e. The third-order valence-corrected chi connectivity index (χ3v) is 4.60. The highest BCUT2D eigenvalue weighted by atomic mass is 15.1. The molecule has 144 valence electrons. The number of hydrogen-bond acceptors (Lipinski definition) is 8. The van der Waals surface area contributed by atoms with Crippen molar-refractivity contribution in [2.24, 2.45) is 0 Å². The Morgan fingerprint density at radius 1 is 0.767 bits per heavy atom. The molecule has 1 aromatic carbocycles. The molecule has 4 aromatic heterocycles. The van der Waals surface area contributed by atoms with Crippen LogP contribution >= 0.6 is 0 Å². The molecule has 0 atom stereocenters. The van der Waals surface area contributed by atoms with Crippen molar-refractivity contribution in [3.05, 3.63) is 85.5 Å². The van der Waals surface area contributed by atoms with E-state index in [1.165, 1.54) is 6.33 Å². The molecule has 8 nitrogen and oxygen atoms in total. The van der Waals surface area contributed by atoms with Crippen LogP contribution in [0.5, 0.6) is 0 Å². The van der Waals surface area contributed by atoms with Gasteiger partial charge in [0.15, 0.2) is 5.82 Å². The third kappa shape index (κ3) is 3.66. The number of rotatable bonds is 5. The summed E-state index contributed by atoms with van der Waals surface area (Å²) in [6.45, 7) is 0.541. The molecule has 0 amide bonds. The van der Waals surface area contributed by atoms with Crippen molar-refractivity contribution >= 4 is 16.7 Å². The summed E-state index contributed by atoms with van der Waals surface area (Å²) in [6.07, 6.45) is 10.1. The second kappa shape index (κ2) is 7.96. The molecule has 30 heavy (non-hydrogen) atoms. The van der Waals surface area contributed by atoms with Gasteiger partial charge in [-0.15, -0.1) is 0 Å². The van der Waals surface area contributed by atoms with Crippen molar-refractivity contribution in [3.63, 3.8) is 0 Å². The average molecular weight is 392 g/mol. The summed E-state index contributed by atoms with van der Waals surface area (Å²) in [5.74, 6) is 1.30. The van der Waals surface area contributed by atoms with Crippen LogP contribution in [0.4, 0.5) is 5.82 Å². The first-order valence-electron chi connectivity index (χ1n) is 9.35. The van der Waals surface area contributed by atoms with Crippen LogP contribution in [0.25, 0.3) is 33.4 Å². The molecule has 0 bridgehead atoms. The molecule has 0 saturated carbocycles. The smallest absolute Gasteiger partial charge is 0.163 e. The first-order chi connectivity index (χ1) is 14.9. The van der Waals surface area contributed by atoms with E-state index in [2.05, 4.69) is 30.5 Å². The Labute approximate surface area is 172 Å². The lowest BCUT2D eigenvalue weighted by Gasteiger charge is -2.12. The van der Waals surface area contributed by atoms with E-state index in [4.69, 9.17) is 9.97 Å². The number of pyridine rings is 1. The van der Waals surface area contributed by atoms with Gasteiger partial charge in [-0.05, 0) is 35.9 Å². The predicted octanol–water partition coefficient (Wildman–Crippen LogP) is 3.55. The Morgan fingerprint density at radius 3 is 2.50 bits per heavy atom. The zero-order valence-corrected chi connectivity index (χ0v) is 15.8. The van der Waals surface area contributed by atoms with Crippen LogP contribution in [0.15, 0.2) is 79.8 Å². The summed E-state index contributed by atoms with van der Waals surface area (Å²) in [5, 5.41) is 12.1. The van der Waals surface area contributed by atoms with E-state index >= 15 is 0 Å². The van der Waals surface area contributed by atoms with E-state index in [1.807, 2.05) is 42.5 Å². The molecule has 0 aliphatic heterocycles. The fraction of sp³-hybridized carbons (Fsp3) is 0.0455. The van der Waals surface area contributed by atoms with Gasteiger partial charge in [0, 0.05) is 35.1 Å². The van der Waals surface area contributed by atoms with Gasteiger partial charge in [-0.2, -0.15) is 10.2 Å². The number of nitrogens with one attached hydrogen (secondary N) is 1. The Hall–Kier alpha value is -4.33. The van der Waals surface area contributed by atoms with Gasteiger partial charge in [0.25, 0.3) is 0 Å². The van der Waals surface area contributed by atoms with Gasteiger partial charge >= 0.3 is 0 Å². The SMILES string of the molecule is c1ccc(CNc2nc(-c3ccnnc3)nc3ccc(-c4cncnc4)cc23)nc1. The maximum atomic E-state index is 4.77. The highest BCUT2D eigenvalue weighted by molar-refractivity contribution is 5.93. The molecule has 0 spiro atoms. The lowest BCUT2D eigenvalue weighted by Crippen LogP contribution is -2.05. The van der Waals surface area contributed by atoms with Gasteiger partial charge in [-0.1, -0.05) is 12.1 Å². The van der Waals surface area contributed by atoms with Crippen LogP contribution in [0, 0.1) is 0 Å². The highest BCUT2D eigenvalue weighted by Gasteiger charge is 2.12. The number of fused-ring (bicyclic) bond motifs is 1. The Balaban J connectivity index is 1.61. The minimum Gasteiger partial charge on any atom is -0.364 e. The largest absolute Gasteiger partial charge is 0.364 e. The number of hydrogen-bond donors (Lipinski definition) is 1. The molecule has 0 radical (unpaired) electrons. The zero-order chi connectivity index (χ0) is 20.2. The standard InChI is InChI=1S/C22H16N8/c1-2-7-25-18(3-1)13-26-22-19-9-15(17-10-23-14-24-11-17)4-5-20(19)29-21(30-22)16-6-8-27-28-12-16/h1-12,14H,13H2,(H,26,29,30). The van der Waals surface area contributed by atoms with Crippen LogP contribution in [0.3, 0.4) is 0 Å². The highest BCUT2D eigenvalue weighted by Crippen LogP contribution is 2.29. The van der Waals surface area contributed by atoms with Crippen LogP contribution < -0.4 is 5.32 Å². The van der Waals surface area contributed by atoms with Crippen molar-refractivity contribution in [2.75, 3.05) is 5.32 Å². The summed E-state index contributed by atoms with van der Waals surface area (Å²) in [5.41, 5.74) is 4.46. The van der Waals surface area contributed by atoms with E-state index in [0.29, 0.717) is 12.4 Å². The van der Waals surface area contributed by atoms with E-state index in [1.54, 1.807) is 31.0 Å². The van der Waals surface area contributed by atoms with Crippen molar-refractivity contribution in [1.29, 1.82) is 0 Å². The van der Waals surface area contributed by atoms with Gasteiger partial charge in [-0.3, -0.25) is 4.98 Å². The Morgan fingerprint density at radius 2 is 1.70 bits per heavy atom. The zero-order valence-electron chi connectivity index (χ0n) is 15.8. The van der Waals surface area contributed by atoms with Crippen molar-refractivity contribution < 1.29 is 0 Å². The van der Waals surface area contributed by atoms with Gasteiger partial charge in [0.2, 0.25) is 0 Å². The predicted molar refractivity (Wildman–Crippen MR) is 113 cm³/mol. The third-order valence-electron chi connectivity index (χ3n) is 4.60. The molecule has 0 saturated heterocycles. The topological polar surface area (TPSA) is 102 Å².